The number of rotatable bonds is 3. The number of nitrogens with zero attached hydrogens (tertiary/aromatic N) is 2. The summed E-state index contributed by atoms with van der Waals surface area (Å²) in [6, 6.07) is 11.8. The summed E-state index contributed by atoms with van der Waals surface area (Å²) in [7, 11) is 1.61. The van der Waals surface area contributed by atoms with Crippen LogP contribution < -0.4 is 4.74 Å². The molecule has 0 aromatic heterocycles. The van der Waals surface area contributed by atoms with Gasteiger partial charge in [0.2, 0.25) is 0 Å². The van der Waals surface area contributed by atoms with Crippen LogP contribution in [0.1, 0.15) is 12.0 Å². The summed E-state index contributed by atoms with van der Waals surface area (Å²) in [6.45, 7) is 0. The molecule has 4 aliphatic carbocycles. The average Bonchev–Trinajstić information content (AvgIpc) is 3.51. The molecule has 0 N–H and O–H groups in total. The maximum Gasteiger partial charge on any atom is 0.254 e. The number of carbonyl (C=O) groups excluding carboxylic acids is 2. The Labute approximate surface area is 162 Å². The predicted molar refractivity (Wildman–Crippen MR) is 105 cm³/mol. The number of hydrogen-bond donors (Lipinski definition) is 0. The van der Waals surface area contributed by atoms with Crippen LogP contribution in [0.3, 0.4) is 0 Å². The number of ether oxygens (including phenoxy) is 1. The van der Waals surface area contributed by atoms with Crippen molar-refractivity contribution < 1.29 is 14.3 Å². The lowest BCUT2D eigenvalue weighted by Gasteiger charge is -2.37. The van der Waals surface area contributed by atoms with Crippen molar-refractivity contribution in [2.45, 2.75) is 6.42 Å². The Hall–Kier alpha value is -2.95. The molecule has 140 valence electrons. The molecule has 2 bridgehead atoms. The zero-order chi connectivity index (χ0) is 19.0. The van der Waals surface area contributed by atoms with Crippen LogP contribution in [0.4, 0.5) is 0 Å². The first kappa shape index (κ1) is 16.0. The Balaban J connectivity index is 1.38. The van der Waals surface area contributed by atoms with Gasteiger partial charge in [-0.15, -0.1) is 0 Å². The predicted octanol–water partition coefficient (Wildman–Crippen LogP) is 3.24. The lowest BCUT2D eigenvalue weighted by molar-refractivity contribution is -0.140. The van der Waals surface area contributed by atoms with E-state index in [1.54, 1.807) is 13.3 Å². The average molecular weight is 372 g/mol. The zero-order valence-corrected chi connectivity index (χ0v) is 15.5. The molecule has 1 aliphatic heterocycles. The minimum absolute atomic E-state index is 0.143. The van der Waals surface area contributed by atoms with Crippen LogP contribution in [-0.2, 0) is 9.59 Å². The van der Waals surface area contributed by atoms with E-state index in [9.17, 15) is 9.59 Å². The van der Waals surface area contributed by atoms with Crippen LogP contribution in [0.25, 0.3) is 10.8 Å². The first-order valence-corrected chi connectivity index (χ1v) is 9.85. The third-order valence-electron chi connectivity index (χ3n) is 7.09. The van der Waals surface area contributed by atoms with Gasteiger partial charge in [0.15, 0.2) is 0 Å². The van der Waals surface area contributed by atoms with Crippen molar-refractivity contribution in [3.8, 4) is 5.75 Å². The van der Waals surface area contributed by atoms with Crippen molar-refractivity contribution >= 4 is 28.8 Å². The van der Waals surface area contributed by atoms with E-state index in [1.807, 2.05) is 36.4 Å². The monoisotopic (exact) mass is 372 g/mol. The number of allylic oxidation sites excluding steroid dienone is 2. The number of hydrogen-bond acceptors (Lipinski definition) is 4. The fourth-order valence-corrected chi connectivity index (χ4v) is 5.76. The Morgan fingerprint density at radius 2 is 1.68 bits per heavy atom. The van der Waals surface area contributed by atoms with Gasteiger partial charge in [-0.2, -0.15) is 10.1 Å². The van der Waals surface area contributed by atoms with Crippen LogP contribution in [0.15, 0.2) is 53.7 Å². The third-order valence-corrected chi connectivity index (χ3v) is 7.09. The van der Waals surface area contributed by atoms with Crippen LogP contribution in [-0.4, -0.2) is 30.1 Å². The molecule has 5 aliphatic rings. The van der Waals surface area contributed by atoms with Crippen LogP contribution in [0.2, 0.25) is 0 Å². The van der Waals surface area contributed by atoms with Gasteiger partial charge in [0.25, 0.3) is 11.8 Å². The first-order chi connectivity index (χ1) is 13.7. The van der Waals surface area contributed by atoms with Gasteiger partial charge in [0.05, 0.1) is 25.2 Å². The molecule has 5 nitrogen and oxygen atoms in total. The lowest BCUT2D eigenvalue weighted by atomic mass is 9.63. The maximum absolute atomic E-state index is 13.1. The fraction of sp³-hybridized carbons (Fsp3) is 0.348. The maximum atomic E-state index is 13.1. The Morgan fingerprint density at radius 3 is 2.36 bits per heavy atom. The summed E-state index contributed by atoms with van der Waals surface area (Å²) >= 11 is 0. The summed E-state index contributed by atoms with van der Waals surface area (Å²) in [5.74, 6) is 1.54. The van der Waals surface area contributed by atoms with E-state index in [0.29, 0.717) is 17.6 Å². The number of benzene rings is 2. The largest absolute Gasteiger partial charge is 0.496 e. The van der Waals surface area contributed by atoms with E-state index >= 15 is 0 Å². The highest BCUT2D eigenvalue weighted by atomic mass is 16.5. The quantitative estimate of drug-likeness (QED) is 0.472. The van der Waals surface area contributed by atoms with Crippen molar-refractivity contribution in [1.29, 1.82) is 0 Å². The second kappa shape index (κ2) is 5.53. The van der Waals surface area contributed by atoms with Gasteiger partial charge in [-0.3, -0.25) is 9.59 Å². The van der Waals surface area contributed by atoms with E-state index in [4.69, 9.17) is 4.74 Å². The van der Waals surface area contributed by atoms with E-state index in [-0.39, 0.29) is 35.5 Å². The summed E-state index contributed by atoms with van der Waals surface area (Å²) in [5.41, 5.74) is 0.778. The summed E-state index contributed by atoms with van der Waals surface area (Å²) in [5, 5.41) is 7.53. The molecule has 2 aromatic rings. The molecule has 1 heterocycles. The van der Waals surface area contributed by atoms with E-state index in [0.717, 1.165) is 27.8 Å². The van der Waals surface area contributed by atoms with Crippen molar-refractivity contribution in [2.75, 3.05) is 7.11 Å². The summed E-state index contributed by atoms with van der Waals surface area (Å²) < 4.78 is 5.49. The van der Waals surface area contributed by atoms with Gasteiger partial charge in [-0.1, -0.05) is 42.5 Å². The molecule has 1 saturated heterocycles. The number of hydrazone groups is 1. The van der Waals surface area contributed by atoms with E-state index < -0.39 is 0 Å². The molecule has 28 heavy (non-hydrogen) atoms. The normalized spacial score (nSPS) is 35.0. The minimum atomic E-state index is -0.224. The standard InChI is InChI=1S/C23H20N2O3/c1-28-19-9-6-12-4-2-3-5-13(12)18(19)11-24-25-22(26)20-14-7-8-15(17-10-16(14)17)21(20)23(25)27/h2-9,11,14-17,20-21H,10H2,1H3/b24-11+/t14-,15-,16-,17-,20-,21+/m1/s1. The summed E-state index contributed by atoms with van der Waals surface area (Å²) in [6.07, 6.45) is 7.11. The SMILES string of the molecule is COc1ccc2ccccc2c1/C=N/N1C(=O)[C@@H]2[C@@H]3C=C[C@H]([C@H]4C[C@H]34)[C@@H]2C1=O. The van der Waals surface area contributed by atoms with E-state index in [2.05, 4.69) is 17.3 Å². The van der Waals surface area contributed by atoms with Gasteiger partial charge in [-0.05, 0) is 46.9 Å². The topological polar surface area (TPSA) is 59.0 Å². The molecular formula is C23H20N2O3. The lowest BCUT2D eigenvalue weighted by Crippen LogP contribution is -2.40. The number of amides is 2. The zero-order valence-electron chi connectivity index (χ0n) is 15.5. The Morgan fingerprint density at radius 1 is 1.00 bits per heavy atom. The highest BCUT2D eigenvalue weighted by Gasteiger charge is 2.67. The Bertz CT molecular complexity index is 1050. The van der Waals surface area contributed by atoms with E-state index in [1.165, 1.54) is 0 Å². The van der Waals surface area contributed by atoms with Gasteiger partial charge in [-0.25, -0.2) is 0 Å². The Kier molecular flexibility index (Phi) is 3.17. The van der Waals surface area contributed by atoms with Gasteiger partial charge >= 0.3 is 0 Å². The number of imide groups is 1. The minimum Gasteiger partial charge on any atom is -0.496 e. The van der Waals surface area contributed by atoms with Crippen molar-refractivity contribution in [3.63, 3.8) is 0 Å². The smallest absolute Gasteiger partial charge is 0.254 e. The number of fused-ring (bicyclic) bond motifs is 1. The van der Waals surface area contributed by atoms with Crippen molar-refractivity contribution in [3.05, 3.63) is 54.1 Å². The number of methoxy groups -OCH3 is 1. The summed E-state index contributed by atoms with van der Waals surface area (Å²) in [4.78, 5) is 26.1. The molecule has 0 unspecified atom stereocenters. The first-order valence-electron chi connectivity index (χ1n) is 9.85. The van der Waals surface area contributed by atoms with Crippen LogP contribution >= 0.6 is 0 Å². The molecule has 7 rings (SSSR count). The van der Waals surface area contributed by atoms with Gasteiger partial charge in [0, 0.05) is 5.56 Å². The highest BCUT2D eigenvalue weighted by Crippen LogP contribution is 2.65. The molecule has 5 heteroatoms. The second-order valence-corrected chi connectivity index (χ2v) is 8.29. The van der Waals surface area contributed by atoms with Crippen molar-refractivity contribution in [2.24, 2.45) is 40.6 Å². The molecule has 0 radical (unpaired) electrons. The van der Waals surface area contributed by atoms with Crippen molar-refractivity contribution in [1.82, 2.24) is 5.01 Å². The molecule has 2 aromatic carbocycles. The molecule has 3 fully saturated rings. The van der Waals surface area contributed by atoms with Gasteiger partial charge < -0.3 is 4.74 Å². The second-order valence-electron chi connectivity index (χ2n) is 8.29. The van der Waals surface area contributed by atoms with Crippen LogP contribution in [0.5, 0.6) is 5.75 Å². The third kappa shape index (κ3) is 1.99. The van der Waals surface area contributed by atoms with Crippen LogP contribution in [0, 0.1) is 35.5 Å². The fourth-order valence-electron chi connectivity index (χ4n) is 5.76. The molecule has 0 spiro atoms. The molecular weight excluding hydrogens is 352 g/mol. The molecule has 2 saturated carbocycles. The molecule has 2 amide bonds. The number of carbonyl (C=O) groups is 2. The molecule has 6 atom stereocenters. The highest BCUT2D eigenvalue weighted by molar-refractivity contribution is 6.08. The van der Waals surface area contributed by atoms with Gasteiger partial charge in [0.1, 0.15) is 5.75 Å².